The van der Waals surface area contributed by atoms with E-state index in [0.717, 1.165) is 23.7 Å². The lowest BCUT2D eigenvalue weighted by molar-refractivity contribution is -0.144. The third-order valence-electron chi connectivity index (χ3n) is 3.95. The number of aromatic nitrogens is 2. The molecule has 0 bridgehead atoms. The summed E-state index contributed by atoms with van der Waals surface area (Å²) < 4.78 is 1.88. The number of hydrogen-bond donors (Lipinski definition) is 2. The Labute approximate surface area is 117 Å². The molecule has 5 heteroatoms. The molecule has 1 heterocycles. The maximum Gasteiger partial charge on any atom is 0.323 e. The molecular weight excluding hydrogens is 254 g/mol. The molecule has 0 saturated heterocycles. The van der Waals surface area contributed by atoms with Crippen molar-refractivity contribution in [2.24, 2.45) is 0 Å². The number of rotatable bonds is 6. The molecule has 2 N–H and O–H groups in total. The van der Waals surface area contributed by atoms with Gasteiger partial charge >= 0.3 is 5.97 Å². The summed E-state index contributed by atoms with van der Waals surface area (Å²) in [5.41, 5.74) is 0.167. The fraction of sp³-hybridized carbons (Fsp3) is 0.467. The first-order chi connectivity index (χ1) is 9.58. The summed E-state index contributed by atoms with van der Waals surface area (Å²) in [6, 6.07) is 8.33. The van der Waals surface area contributed by atoms with Gasteiger partial charge in [0.2, 0.25) is 0 Å². The van der Waals surface area contributed by atoms with Crippen molar-refractivity contribution >= 4 is 16.9 Å². The van der Waals surface area contributed by atoms with Crippen LogP contribution in [0.1, 0.15) is 26.2 Å². The maximum atomic E-state index is 11.5. The highest BCUT2D eigenvalue weighted by molar-refractivity contribution is 5.79. The summed E-state index contributed by atoms with van der Waals surface area (Å²) in [6.07, 6.45) is 4.49. The maximum absolute atomic E-state index is 11.5. The van der Waals surface area contributed by atoms with E-state index in [9.17, 15) is 9.90 Å². The number of aryl methyl sites for hydroxylation is 1. The SMILES string of the molecule is CC(CCn1ncc2ccccc21)(NC1CC1)C(=O)O. The molecule has 0 spiro atoms. The van der Waals surface area contributed by atoms with E-state index in [1.54, 1.807) is 6.92 Å². The molecule has 0 amide bonds. The molecule has 2 aromatic rings. The van der Waals surface area contributed by atoms with Crippen molar-refractivity contribution in [1.82, 2.24) is 15.1 Å². The molecule has 20 heavy (non-hydrogen) atoms. The van der Waals surface area contributed by atoms with Gasteiger partial charge in [-0.2, -0.15) is 5.10 Å². The third-order valence-corrected chi connectivity index (χ3v) is 3.95. The minimum atomic E-state index is -0.881. The van der Waals surface area contributed by atoms with Crippen LogP contribution in [-0.2, 0) is 11.3 Å². The molecular formula is C15H19N3O2. The predicted octanol–water partition coefficient (Wildman–Crippen LogP) is 2.02. The first kappa shape index (κ1) is 13.1. The standard InChI is InChI=1S/C15H19N3O2/c1-15(14(19)20,17-12-6-7-12)8-9-18-13-5-3-2-4-11(13)10-16-18/h2-5,10,12,17H,6-9H2,1H3,(H,19,20). The van der Waals surface area contributed by atoms with Gasteiger partial charge < -0.3 is 5.11 Å². The van der Waals surface area contributed by atoms with Crippen LogP contribution in [0.25, 0.3) is 10.9 Å². The monoisotopic (exact) mass is 273 g/mol. The molecule has 3 rings (SSSR count). The third kappa shape index (κ3) is 2.54. The minimum absolute atomic E-state index is 0.366. The Morgan fingerprint density at radius 2 is 2.25 bits per heavy atom. The number of carbonyl (C=O) groups is 1. The van der Waals surface area contributed by atoms with Gasteiger partial charge in [0, 0.05) is 18.0 Å². The fourth-order valence-electron chi connectivity index (χ4n) is 2.45. The van der Waals surface area contributed by atoms with Crippen molar-refractivity contribution in [3.8, 4) is 0 Å². The summed E-state index contributed by atoms with van der Waals surface area (Å²) in [5.74, 6) is -0.791. The summed E-state index contributed by atoms with van der Waals surface area (Å²) in [5, 5.41) is 18.1. The molecule has 106 valence electrons. The van der Waals surface area contributed by atoms with Crippen LogP contribution in [0.5, 0.6) is 0 Å². The van der Waals surface area contributed by atoms with Crippen LogP contribution in [0, 0.1) is 0 Å². The van der Waals surface area contributed by atoms with Gasteiger partial charge in [0.25, 0.3) is 0 Å². The Morgan fingerprint density at radius 1 is 1.50 bits per heavy atom. The number of hydrogen-bond acceptors (Lipinski definition) is 3. The molecule has 1 aliphatic carbocycles. The van der Waals surface area contributed by atoms with Crippen molar-refractivity contribution in [3.05, 3.63) is 30.5 Å². The molecule has 5 nitrogen and oxygen atoms in total. The number of para-hydroxylation sites is 1. The van der Waals surface area contributed by atoms with Crippen LogP contribution >= 0.6 is 0 Å². The smallest absolute Gasteiger partial charge is 0.323 e. The van der Waals surface area contributed by atoms with E-state index in [2.05, 4.69) is 10.4 Å². The van der Waals surface area contributed by atoms with Crippen molar-refractivity contribution in [2.75, 3.05) is 0 Å². The van der Waals surface area contributed by atoms with Gasteiger partial charge in [-0.3, -0.25) is 14.8 Å². The van der Waals surface area contributed by atoms with Gasteiger partial charge in [-0.25, -0.2) is 0 Å². The van der Waals surface area contributed by atoms with Crippen molar-refractivity contribution in [2.45, 2.75) is 44.3 Å². The van der Waals surface area contributed by atoms with E-state index in [-0.39, 0.29) is 0 Å². The van der Waals surface area contributed by atoms with Crippen LogP contribution in [0.3, 0.4) is 0 Å². The number of nitrogens with zero attached hydrogens (tertiary/aromatic N) is 2. The van der Waals surface area contributed by atoms with E-state index in [1.165, 1.54) is 0 Å². The van der Waals surface area contributed by atoms with E-state index in [4.69, 9.17) is 0 Å². The van der Waals surface area contributed by atoms with Crippen molar-refractivity contribution < 1.29 is 9.90 Å². The van der Waals surface area contributed by atoms with Crippen molar-refractivity contribution in [3.63, 3.8) is 0 Å². The van der Waals surface area contributed by atoms with Crippen LogP contribution in [0.15, 0.2) is 30.5 Å². The van der Waals surface area contributed by atoms with E-state index >= 15 is 0 Å². The van der Waals surface area contributed by atoms with Gasteiger partial charge in [-0.1, -0.05) is 18.2 Å². The Kier molecular flexibility index (Phi) is 3.22. The molecule has 1 fully saturated rings. The zero-order chi connectivity index (χ0) is 14.2. The highest BCUT2D eigenvalue weighted by atomic mass is 16.4. The highest BCUT2D eigenvalue weighted by Crippen LogP contribution is 2.25. The molecule has 1 aromatic carbocycles. The Bertz CT molecular complexity index is 633. The normalized spacial score (nSPS) is 18.1. The Balaban J connectivity index is 1.75. The lowest BCUT2D eigenvalue weighted by Crippen LogP contribution is -2.51. The van der Waals surface area contributed by atoms with Crippen LogP contribution in [0.4, 0.5) is 0 Å². The minimum Gasteiger partial charge on any atom is -0.480 e. The van der Waals surface area contributed by atoms with E-state index in [0.29, 0.717) is 19.0 Å². The summed E-state index contributed by atoms with van der Waals surface area (Å²) in [7, 11) is 0. The van der Waals surface area contributed by atoms with Gasteiger partial charge in [0.1, 0.15) is 5.54 Å². The van der Waals surface area contributed by atoms with Crippen molar-refractivity contribution in [1.29, 1.82) is 0 Å². The highest BCUT2D eigenvalue weighted by Gasteiger charge is 2.38. The first-order valence-electron chi connectivity index (χ1n) is 7.00. The van der Waals surface area contributed by atoms with Gasteiger partial charge in [-0.15, -0.1) is 0 Å². The average molecular weight is 273 g/mol. The van der Waals surface area contributed by atoms with E-state index in [1.807, 2.05) is 35.1 Å². The molecule has 0 aliphatic heterocycles. The number of fused-ring (bicyclic) bond motifs is 1. The Hall–Kier alpha value is -1.88. The molecule has 1 saturated carbocycles. The van der Waals surface area contributed by atoms with Gasteiger partial charge in [-0.05, 0) is 32.3 Å². The number of carboxylic acid groups (broad SMARTS) is 1. The quantitative estimate of drug-likeness (QED) is 0.845. The summed E-state index contributed by atoms with van der Waals surface area (Å²) >= 11 is 0. The second kappa shape index (κ2) is 4.90. The number of aliphatic carboxylic acids is 1. The number of carboxylic acids is 1. The average Bonchev–Trinajstić information content (AvgIpc) is 3.14. The predicted molar refractivity (Wildman–Crippen MR) is 76.5 cm³/mol. The van der Waals surface area contributed by atoms with Crippen LogP contribution < -0.4 is 5.32 Å². The zero-order valence-electron chi connectivity index (χ0n) is 11.5. The second-order valence-corrected chi connectivity index (χ2v) is 5.73. The summed E-state index contributed by atoms with van der Waals surface area (Å²) in [6.45, 7) is 2.36. The molecule has 1 unspecified atom stereocenters. The van der Waals surface area contributed by atoms with Gasteiger partial charge in [0.05, 0.1) is 11.7 Å². The molecule has 0 radical (unpaired) electrons. The van der Waals surface area contributed by atoms with Crippen LogP contribution in [-0.4, -0.2) is 32.4 Å². The zero-order valence-corrected chi connectivity index (χ0v) is 11.5. The lowest BCUT2D eigenvalue weighted by Gasteiger charge is -2.26. The molecule has 1 aliphatic rings. The summed E-state index contributed by atoms with van der Waals surface area (Å²) in [4.78, 5) is 11.5. The largest absolute Gasteiger partial charge is 0.480 e. The van der Waals surface area contributed by atoms with E-state index < -0.39 is 11.5 Å². The van der Waals surface area contributed by atoms with Gasteiger partial charge in [0.15, 0.2) is 0 Å². The number of benzene rings is 1. The van der Waals surface area contributed by atoms with Crippen LogP contribution in [0.2, 0.25) is 0 Å². The fourth-order valence-corrected chi connectivity index (χ4v) is 2.45. The lowest BCUT2D eigenvalue weighted by atomic mass is 9.98. The molecule has 1 atom stereocenters. The first-order valence-corrected chi connectivity index (χ1v) is 7.00. The number of nitrogens with one attached hydrogen (secondary N) is 1. The molecule has 1 aromatic heterocycles. The Morgan fingerprint density at radius 3 is 2.95 bits per heavy atom. The second-order valence-electron chi connectivity index (χ2n) is 5.73. The topological polar surface area (TPSA) is 67.2 Å².